The number of nitrogens with zero attached hydrogens (tertiary/aromatic N) is 2. The van der Waals surface area contributed by atoms with Crippen LogP contribution in [0.3, 0.4) is 0 Å². The van der Waals surface area contributed by atoms with Gasteiger partial charge in [-0.2, -0.15) is 0 Å². The third-order valence-corrected chi connectivity index (χ3v) is 3.15. The van der Waals surface area contributed by atoms with Crippen molar-refractivity contribution in [3.8, 4) is 5.69 Å². The van der Waals surface area contributed by atoms with Crippen LogP contribution < -0.4 is 0 Å². The zero-order valence-electron chi connectivity index (χ0n) is 9.22. The molecule has 0 fully saturated rings. The van der Waals surface area contributed by atoms with Crippen LogP contribution in [0.25, 0.3) is 5.69 Å². The molecule has 4 nitrogen and oxygen atoms in total. The zero-order chi connectivity index (χ0) is 12.4. The lowest BCUT2D eigenvalue weighted by atomic mass is 10.2. The number of imidazole rings is 1. The van der Waals surface area contributed by atoms with Crippen molar-refractivity contribution in [2.45, 2.75) is 13.3 Å². The monoisotopic (exact) mass is 294 g/mol. The average Bonchev–Trinajstić information content (AvgIpc) is 2.76. The number of hydrogen-bond acceptors (Lipinski definition) is 2. The highest BCUT2D eigenvalue weighted by Crippen LogP contribution is 2.21. The molecule has 1 aromatic carbocycles. The Balaban J connectivity index is 2.48. The molecule has 1 heterocycles. The van der Waals surface area contributed by atoms with E-state index in [-0.39, 0.29) is 5.56 Å². The first-order valence-corrected chi connectivity index (χ1v) is 5.98. The lowest BCUT2D eigenvalue weighted by molar-refractivity contribution is 0.0696. The van der Waals surface area contributed by atoms with Crippen molar-refractivity contribution in [2.24, 2.45) is 0 Å². The van der Waals surface area contributed by atoms with Gasteiger partial charge in [-0.05, 0) is 34.1 Å². The van der Waals surface area contributed by atoms with E-state index in [1.54, 1.807) is 24.4 Å². The lowest BCUT2D eigenvalue weighted by Gasteiger charge is -2.08. The van der Waals surface area contributed by atoms with Gasteiger partial charge in [-0.15, -0.1) is 0 Å². The maximum Gasteiger partial charge on any atom is 0.336 e. The number of aromatic nitrogens is 2. The SMILES string of the molecule is CCc1nccn1-c1ccc(C(=O)O)c(Br)c1. The Morgan fingerprint density at radius 1 is 1.53 bits per heavy atom. The third-order valence-electron chi connectivity index (χ3n) is 2.49. The first-order valence-electron chi connectivity index (χ1n) is 5.19. The Bertz CT molecular complexity index is 563. The first kappa shape index (κ1) is 11.9. The summed E-state index contributed by atoms with van der Waals surface area (Å²) in [6.45, 7) is 2.03. The number of carbonyl (C=O) groups is 1. The van der Waals surface area contributed by atoms with Crippen LogP contribution >= 0.6 is 15.9 Å². The number of aromatic carboxylic acids is 1. The van der Waals surface area contributed by atoms with Crippen LogP contribution in [0.5, 0.6) is 0 Å². The molecule has 0 radical (unpaired) electrons. The Morgan fingerprint density at radius 2 is 2.29 bits per heavy atom. The Kier molecular flexibility index (Phi) is 3.28. The number of benzene rings is 1. The zero-order valence-corrected chi connectivity index (χ0v) is 10.8. The van der Waals surface area contributed by atoms with Gasteiger partial charge in [0, 0.05) is 29.0 Å². The molecular formula is C12H11BrN2O2. The van der Waals surface area contributed by atoms with Gasteiger partial charge in [0.15, 0.2) is 0 Å². The highest BCUT2D eigenvalue weighted by molar-refractivity contribution is 9.10. The number of rotatable bonds is 3. The van der Waals surface area contributed by atoms with Crippen LogP contribution in [0.15, 0.2) is 35.1 Å². The van der Waals surface area contributed by atoms with E-state index in [0.29, 0.717) is 4.47 Å². The predicted octanol–water partition coefficient (Wildman–Crippen LogP) is 2.90. The number of aryl methyl sites for hydroxylation is 1. The van der Waals surface area contributed by atoms with E-state index in [9.17, 15) is 4.79 Å². The fraction of sp³-hybridized carbons (Fsp3) is 0.167. The summed E-state index contributed by atoms with van der Waals surface area (Å²) in [5, 5.41) is 8.94. The van der Waals surface area contributed by atoms with Gasteiger partial charge in [0.2, 0.25) is 0 Å². The Morgan fingerprint density at radius 3 is 2.88 bits per heavy atom. The summed E-state index contributed by atoms with van der Waals surface area (Å²) >= 11 is 3.27. The summed E-state index contributed by atoms with van der Waals surface area (Å²) in [4.78, 5) is 15.1. The van der Waals surface area contributed by atoms with Crippen molar-refractivity contribution in [3.63, 3.8) is 0 Å². The molecule has 1 aromatic heterocycles. The Hall–Kier alpha value is -1.62. The molecule has 0 saturated carbocycles. The van der Waals surface area contributed by atoms with Gasteiger partial charge in [0.25, 0.3) is 0 Å². The van der Waals surface area contributed by atoms with E-state index in [4.69, 9.17) is 5.11 Å². The Labute approximate surface area is 107 Å². The molecule has 0 spiro atoms. The second-order valence-electron chi connectivity index (χ2n) is 3.54. The van der Waals surface area contributed by atoms with Crippen molar-refractivity contribution in [3.05, 3.63) is 46.5 Å². The van der Waals surface area contributed by atoms with Gasteiger partial charge in [0.05, 0.1) is 5.56 Å². The van der Waals surface area contributed by atoms with Crippen molar-refractivity contribution in [1.82, 2.24) is 9.55 Å². The molecule has 0 aliphatic heterocycles. The molecule has 5 heteroatoms. The van der Waals surface area contributed by atoms with E-state index in [1.807, 2.05) is 17.7 Å². The standard InChI is InChI=1S/C12H11BrN2O2/c1-2-11-14-5-6-15(11)8-3-4-9(12(16)17)10(13)7-8/h3-7H,2H2,1H3,(H,16,17). The molecule has 2 aromatic rings. The molecule has 0 unspecified atom stereocenters. The van der Waals surface area contributed by atoms with Crippen LogP contribution in [0.4, 0.5) is 0 Å². The molecule has 88 valence electrons. The van der Waals surface area contributed by atoms with Crippen molar-refractivity contribution in [2.75, 3.05) is 0 Å². The summed E-state index contributed by atoms with van der Waals surface area (Å²) in [5.74, 6) is 0.00439. The van der Waals surface area contributed by atoms with E-state index in [2.05, 4.69) is 20.9 Å². The maximum absolute atomic E-state index is 10.9. The average molecular weight is 295 g/mol. The van der Waals surface area contributed by atoms with Crippen molar-refractivity contribution < 1.29 is 9.90 Å². The quantitative estimate of drug-likeness (QED) is 0.947. The van der Waals surface area contributed by atoms with Crippen LogP contribution in [-0.4, -0.2) is 20.6 Å². The van der Waals surface area contributed by atoms with Crippen LogP contribution in [0.1, 0.15) is 23.1 Å². The minimum atomic E-state index is -0.940. The highest BCUT2D eigenvalue weighted by atomic mass is 79.9. The lowest BCUT2D eigenvalue weighted by Crippen LogP contribution is -2.02. The highest BCUT2D eigenvalue weighted by Gasteiger charge is 2.10. The molecule has 0 bridgehead atoms. The van der Waals surface area contributed by atoms with E-state index in [0.717, 1.165) is 17.9 Å². The van der Waals surface area contributed by atoms with Gasteiger partial charge < -0.3 is 9.67 Å². The van der Waals surface area contributed by atoms with E-state index < -0.39 is 5.97 Å². The first-order chi connectivity index (χ1) is 8.13. The second-order valence-corrected chi connectivity index (χ2v) is 4.39. The maximum atomic E-state index is 10.9. The predicted molar refractivity (Wildman–Crippen MR) is 67.6 cm³/mol. The van der Waals surface area contributed by atoms with Gasteiger partial charge >= 0.3 is 5.97 Å². The van der Waals surface area contributed by atoms with Gasteiger partial charge in [0.1, 0.15) is 5.82 Å². The molecule has 1 N–H and O–H groups in total. The minimum Gasteiger partial charge on any atom is -0.478 e. The van der Waals surface area contributed by atoms with Crippen LogP contribution in [0.2, 0.25) is 0 Å². The summed E-state index contributed by atoms with van der Waals surface area (Å²) in [6, 6.07) is 5.14. The number of carboxylic acids is 1. The number of halogens is 1. The van der Waals surface area contributed by atoms with E-state index in [1.165, 1.54) is 0 Å². The summed E-state index contributed by atoms with van der Waals surface area (Å²) in [5.41, 5.74) is 1.16. The third kappa shape index (κ3) is 2.24. The second kappa shape index (κ2) is 4.71. The largest absolute Gasteiger partial charge is 0.478 e. The summed E-state index contributed by atoms with van der Waals surface area (Å²) < 4.78 is 2.51. The number of carboxylic acid groups (broad SMARTS) is 1. The van der Waals surface area contributed by atoms with Crippen LogP contribution in [0, 0.1) is 0 Å². The van der Waals surface area contributed by atoms with Crippen LogP contribution in [-0.2, 0) is 6.42 Å². The van der Waals surface area contributed by atoms with Crippen molar-refractivity contribution >= 4 is 21.9 Å². The molecule has 0 aliphatic carbocycles. The van der Waals surface area contributed by atoms with Gasteiger partial charge in [-0.1, -0.05) is 6.92 Å². The molecule has 2 rings (SSSR count). The van der Waals surface area contributed by atoms with Gasteiger partial charge in [-0.3, -0.25) is 0 Å². The molecule has 0 amide bonds. The molecule has 0 aliphatic rings. The number of hydrogen-bond donors (Lipinski definition) is 1. The minimum absolute atomic E-state index is 0.256. The smallest absolute Gasteiger partial charge is 0.336 e. The molecule has 0 saturated heterocycles. The molecule has 17 heavy (non-hydrogen) atoms. The summed E-state index contributed by atoms with van der Waals surface area (Å²) in [6.07, 6.45) is 4.42. The fourth-order valence-corrected chi connectivity index (χ4v) is 2.19. The topological polar surface area (TPSA) is 55.1 Å². The normalized spacial score (nSPS) is 10.5. The van der Waals surface area contributed by atoms with E-state index >= 15 is 0 Å². The van der Waals surface area contributed by atoms with Crippen molar-refractivity contribution in [1.29, 1.82) is 0 Å². The molecule has 0 atom stereocenters. The fourth-order valence-electron chi connectivity index (χ4n) is 1.66. The van der Waals surface area contributed by atoms with Gasteiger partial charge in [-0.25, -0.2) is 9.78 Å². The summed E-state index contributed by atoms with van der Waals surface area (Å²) in [7, 11) is 0. The molecular weight excluding hydrogens is 284 g/mol.